The van der Waals surface area contributed by atoms with Crippen molar-refractivity contribution in [1.82, 2.24) is 0 Å². The van der Waals surface area contributed by atoms with Crippen molar-refractivity contribution in [1.29, 1.82) is 0 Å². The number of benzene rings is 2. The van der Waals surface area contributed by atoms with Crippen molar-refractivity contribution in [3.63, 3.8) is 0 Å². The molecule has 0 aliphatic carbocycles. The molecule has 0 amide bonds. The van der Waals surface area contributed by atoms with Gasteiger partial charge in [0.25, 0.3) is 0 Å². The van der Waals surface area contributed by atoms with Crippen molar-refractivity contribution >= 4 is 12.1 Å². The fourth-order valence-electron chi connectivity index (χ4n) is 1.63. The van der Waals surface area contributed by atoms with Gasteiger partial charge in [-0.3, -0.25) is 9.59 Å². The second-order valence-corrected chi connectivity index (χ2v) is 3.75. The first-order valence-corrected chi connectivity index (χ1v) is 5.24. The fourth-order valence-corrected chi connectivity index (χ4v) is 1.63. The molecule has 0 radical (unpaired) electrons. The second-order valence-electron chi connectivity index (χ2n) is 3.75. The van der Waals surface area contributed by atoms with Crippen LogP contribution in [0.5, 0.6) is 11.5 Å². The monoisotopic (exact) mass is 242 g/mol. The molecule has 0 heterocycles. The van der Waals surface area contributed by atoms with Crippen molar-refractivity contribution < 1.29 is 19.8 Å². The summed E-state index contributed by atoms with van der Waals surface area (Å²) in [5, 5.41) is 19.1. The topological polar surface area (TPSA) is 74.6 Å². The Morgan fingerprint density at radius 3 is 2.33 bits per heavy atom. The number of carbonyl (C=O) groups excluding carboxylic acids is 2. The van der Waals surface area contributed by atoms with E-state index in [1.165, 1.54) is 6.07 Å². The minimum Gasteiger partial charge on any atom is -0.504 e. The number of hydrogen-bond donors (Lipinski definition) is 2. The maximum atomic E-state index is 12.1. The number of phenolic OH excluding ortho intramolecular Hbond substituents is 2. The van der Waals surface area contributed by atoms with Crippen LogP contribution in [-0.4, -0.2) is 22.3 Å². The van der Waals surface area contributed by atoms with E-state index in [0.29, 0.717) is 11.8 Å². The molecule has 2 N–H and O–H groups in total. The molecule has 4 heteroatoms. The maximum absolute atomic E-state index is 12.1. The molecule has 18 heavy (non-hydrogen) atoms. The van der Waals surface area contributed by atoms with E-state index in [1.807, 2.05) is 0 Å². The van der Waals surface area contributed by atoms with Crippen LogP contribution in [0.2, 0.25) is 0 Å². The minimum absolute atomic E-state index is 0.0942. The Bertz CT molecular complexity index is 603. The Labute approximate surface area is 103 Å². The SMILES string of the molecule is O=Cc1cc(O)c(O)c(C(=O)c2ccccc2)c1. The van der Waals surface area contributed by atoms with Crippen LogP contribution in [0.25, 0.3) is 0 Å². The molecule has 0 fully saturated rings. The second kappa shape index (κ2) is 4.71. The predicted octanol–water partition coefficient (Wildman–Crippen LogP) is 2.14. The highest BCUT2D eigenvalue weighted by Crippen LogP contribution is 2.31. The Morgan fingerprint density at radius 1 is 1.06 bits per heavy atom. The number of aldehydes is 1. The average molecular weight is 242 g/mol. The van der Waals surface area contributed by atoms with Gasteiger partial charge in [0.05, 0.1) is 5.56 Å². The summed E-state index contributed by atoms with van der Waals surface area (Å²) in [4.78, 5) is 22.8. The van der Waals surface area contributed by atoms with E-state index < -0.39 is 17.3 Å². The van der Waals surface area contributed by atoms with Crippen molar-refractivity contribution in [2.24, 2.45) is 0 Å². The molecule has 0 atom stereocenters. The van der Waals surface area contributed by atoms with Crippen LogP contribution in [0.4, 0.5) is 0 Å². The molecule has 0 aliphatic heterocycles. The van der Waals surface area contributed by atoms with Crippen molar-refractivity contribution in [3.05, 3.63) is 59.2 Å². The van der Waals surface area contributed by atoms with E-state index in [9.17, 15) is 19.8 Å². The Kier molecular flexibility index (Phi) is 3.10. The Morgan fingerprint density at radius 2 is 1.72 bits per heavy atom. The first-order valence-electron chi connectivity index (χ1n) is 5.24. The van der Waals surface area contributed by atoms with Gasteiger partial charge in [-0.05, 0) is 12.1 Å². The highest BCUT2D eigenvalue weighted by molar-refractivity contribution is 6.11. The molecule has 2 aromatic carbocycles. The number of aromatic hydroxyl groups is 2. The molecular formula is C14H10O4. The third-order valence-corrected chi connectivity index (χ3v) is 2.53. The van der Waals surface area contributed by atoms with Crippen LogP contribution in [-0.2, 0) is 0 Å². The van der Waals surface area contributed by atoms with Gasteiger partial charge in [-0.15, -0.1) is 0 Å². The lowest BCUT2D eigenvalue weighted by atomic mass is 10.00. The number of phenols is 2. The van der Waals surface area contributed by atoms with E-state index in [2.05, 4.69) is 0 Å². The number of hydrogen-bond acceptors (Lipinski definition) is 4. The minimum atomic E-state index is -0.519. The zero-order valence-electron chi connectivity index (χ0n) is 9.33. The first-order chi connectivity index (χ1) is 8.63. The van der Waals surface area contributed by atoms with E-state index in [-0.39, 0.29) is 11.1 Å². The van der Waals surface area contributed by atoms with Gasteiger partial charge in [0.15, 0.2) is 17.3 Å². The third-order valence-electron chi connectivity index (χ3n) is 2.53. The van der Waals surface area contributed by atoms with Gasteiger partial charge in [0.1, 0.15) is 6.29 Å². The summed E-state index contributed by atoms with van der Waals surface area (Å²) >= 11 is 0. The summed E-state index contributed by atoms with van der Waals surface area (Å²) in [5.41, 5.74) is 0.406. The standard InChI is InChI=1S/C14H10O4/c15-8-9-6-11(14(18)12(16)7-9)13(17)10-4-2-1-3-5-10/h1-8,16,18H. The molecule has 0 aromatic heterocycles. The van der Waals surface area contributed by atoms with Crippen LogP contribution in [0.15, 0.2) is 42.5 Å². The molecule has 0 saturated carbocycles. The summed E-state index contributed by atoms with van der Waals surface area (Å²) in [6, 6.07) is 10.7. The lowest BCUT2D eigenvalue weighted by Gasteiger charge is -2.06. The lowest BCUT2D eigenvalue weighted by molar-refractivity contribution is 0.103. The molecule has 4 nitrogen and oxygen atoms in total. The van der Waals surface area contributed by atoms with Gasteiger partial charge in [0, 0.05) is 11.1 Å². The summed E-state index contributed by atoms with van der Waals surface area (Å²) in [6.45, 7) is 0. The molecule has 2 aromatic rings. The Hall–Kier alpha value is -2.62. The lowest BCUT2D eigenvalue weighted by Crippen LogP contribution is -2.02. The highest BCUT2D eigenvalue weighted by atomic mass is 16.3. The fraction of sp³-hybridized carbons (Fsp3) is 0. The third kappa shape index (κ3) is 2.08. The summed E-state index contributed by atoms with van der Waals surface area (Å²) < 4.78 is 0. The zero-order valence-corrected chi connectivity index (χ0v) is 9.33. The van der Waals surface area contributed by atoms with E-state index in [1.54, 1.807) is 30.3 Å². The molecule has 0 bridgehead atoms. The van der Waals surface area contributed by atoms with Crippen LogP contribution in [0.1, 0.15) is 26.3 Å². The molecule has 0 unspecified atom stereocenters. The van der Waals surface area contributed by atoms with Crippen LogP contribution >= 0.6 is 0 Å². The molecule has 0 aliphatic rings. The summed E-state index contributed by atoms with van der Waals surface area (Å²) in [6.07, 6.45) is 0.501. The van der Waals surface area contributed by atoms with Gasteiger partial charge >= 0.3 is 0 Å². The first kappa shape index (κ1) is 11.9. The predicted molar refractivity (Wildman–Crippen MR) is 65.0 cm³/mol. The van der Waals surface area contributed by atoms with Gasteiger partial charge < -0.3 is 10.2 Å². The highest BCUT2D eigenvalue weighted by Gasteiger charge is 2.17. The number of rotatable bonds is 3. The van der Waals surface area contributed by atoms with Crippen molar-refractivity contribution in [2.75, 3.05) is 0 Å². The molecule has 2 rings (SSSR count). The van der Waals surface area contributed by atoms with Crippen molar-refractivity contribution in [3.8, 4) is 11.5 Å². The van der Waals surface area contributed by atoms with Gasteiger partial charge in [-0.2, -0.15) is 0 Å². The smallest absolute Gasteiger partial charge is 0.196 e. The Balaban J connectivity index is 2.54. The molecular weight excluding hydrogens is 232 g/mol. The van der Waals surface area contributed by atoms with Crippen LogP contribution in [0, 0.1) is 0 Å². The zero-order chi connectivity index (χ0) is 13.1. The molecule has 0 spiro atoms. The van der Waals surface area contributed by atoms with E-state index in [0.717, 1.165) is 6.07 Å². The quantitative estimate of drug-likeness (QED) is 0.491. The molecule has 90 valence electrons. The van der Waals surface area contributed by atoms with E-state index in [4.69, 9.17) is 0 Å². The van der Waals surface area contributed by atoms with Gasteiger partial charge in [-0.25, -0.2) is 0 Å². The van der Waals surface area contributed by atoms with E-state index >= 15 is 0 Å². The summed E-state index contributed by atoms with van der Waals surface area (Å²) in [5.74, 6) is -1.46. The van der Waals surface area contributed by atoms with Crippen LogP contribution in [0.3, 0.4) is 0 Å². The van der Waals surface area contributed by atoms with Gasteiger partial charge in [-0.1, -0.05) is 30.3 Å². The average Bonchev–Trinajstić information content (AvgIpc) is 2.42. The largest absolute Gasteiger partial charge is 0.504 e. The van der Waals surface area contributed by atoms with Crippen LogP contribution < -0.4 is 0 Å². The normalized spacial score (nSPS) is 10.0. The van der Waals surface area contributed by atoms with Gasteiger partial charge in [0.2, 0.25) is 0 Å². The number of ketones is 1. The number of carbonyl (C=O) groups is 2. The van der Waals surface area contributed by atoms with Crippen molar-refractivity contribution in [2.45, 2.75) is 0 Å². The molecule has 0 saturated heterocycles. The summed E-state index contributed by atoms with van der Waals surface area (Å²) in [7, 11) is 0. The maximum Gasteiger partial charge on any atom is 0.196 e.